The van der Waals surface area contributed by atoms with Gasteiger partial charge in [0.1, 0.15) is 0 Å². The van der Waals surface area contributed by atoms with Crippen LogP contribution in [-0.2, 0) is 20.0 Å². The van der Waals surface area contributed by atoms with Gasteiger partial charge >= 0.3 is 0 Å². The fourth-order valence-corrected chi connectivity index (χ4v) is 2.92. The van der Waals surface area contributed by atoms with Crippen molar-refractivity contribution >= 4 is 11.0 Å². The molecule has 1 heterocycles. The molecular weight excluding hydrogens is 284 g/mol. The highest BCUT2D eigenvalue weighted by atomic mass is 15.1. The molecule has 3 aromatic rings. The van der Waals surface area contributed by atoms with Gasteiger partial charge in [0.2, 0.25) is 0 Å². The van der Waals surface area contributed by atoms with Crippen LogP contribution in [-0.4, -0.2) is 34.1 Å². The Bertz CT molecular complexity index is 748. The van der Waals surface area contributed by atoms with Crippen LogP contribution in [0.3, 0.4) is 0 Å². The molecule has 0 atom stereocenters. The van der Waals surface area contributed by atoms with E-state index in [2.05, 4.69) is 58.4 Å². The second-order valence-electron chi connectivity index (χ2n) is 5.98. The number of benzene rings is 2. The zero-order valence-electron chi connectivity index (χ0n) is 13.7. The first-order chi connectivity index (χ1) is 11.3. The van der Waals surface area contributed by atoms with Crippen LogP contribution in [0.1, 0.15) is 11.1 Å². The van der Waals surface area contributed by atoms with Crippen LogP contribution >= 0.6 is 0 Å². The minimum atomic E-state index is 0.681. The number of hydrogen-bond donors (Lipinski definition) is 1. The SMILES string of the molecule is Cn1cnc2cc(CN(CCN)CCc3ccccc3)ccc21. The molecule has 0 fully saturated rings. The molecule has 2 aromatic carbocycles. The summed E-state index contributed by atoms with van der Waals surface area (Å²) in [7, 11) is 2.02. The van der Waals surface area contributed by atoms with Gasteiger partial charge < -0.3 is 10.3 Å². The average Bonchev–Trinajstić information content (AvgIpc) is 2.94. The fourth-order valence-electron chi connectivity index (χ4n) is 2.92. The smallest absolute Gasteiger partial charge is 0.0955 e. The lowest BCUT2D eigenvalue weighted by Crippen LogP contribution is -2.31. The molecule has 2 N–H and O–H groups in total. The van der Waals surface area contributed by atoms with E-state index < -0.39 is 0 Å². The zero-order valence-corrected chi connectivity index (χ0v) is 13.7. The predicted molar refractivity (Wildman–Crippen MR) is 95.2 cm³/mol. The van der Waals surface area contributed by atoms with E-state index in [0.29, 0.717) is 6.54 Å². The summed E-state index contributed by atoms with van der Waals surface area (Å²) in [5.41, 5.74) is 10.7. The van der Waals surface area contributed by atoms with Crippen molar-refractivity contribution in [3.05, 3.63) is 66.0 Å². The molecular formula is C19H24N4. The summed E-state index contributed by atoms with van der Waals surface area (Å²) in [6.45, 7) is 3.52. The monoisotopic (exact) mass is 308 g/mol. The quantitative estimate of drug-likeness (QED) is 0.730. The van der Waals surface area contributed by atoms with E-state index in [0.717, 1.165) is 31.6 Å². The minimum absolute atomic E-state index is 0.681. The van der Waals surface area contributed by atoms with Crippen molar-refractivity contribution in [2.75, 3.05) is 19.6 Å². The lowest BCUT2D eigenvalue weighted by Gasteiger charge is -2.21. The Balaban J connectivity index is 1.67. The summed E-state index contributed by atoms with van der Waals surface area (Å²) in [6.07, 6.45) is 2.91. The maximum absolute atomic E-state index is 5.79. The van der Waals surface area contributed by atoms with Gasteiger partial charge in [-0.15, -0.1) is 0 Å². The highest BCUT2D eigenvalue weighted by Crippen LogP contribution is 2.15. The third-order valence-electron chi connectivity index (χ3n) is 4.20. The second-order valence-corrected chi connectivity index (χ2v) is 5.98. The molecule has 0 radical (unpaired) electrons. The molecule has 0 bridgehead atoms. The van der Waals surface area contributed by atoms with Gasteiger partial charge in [0.05, 0.1) is 17.4 Å². The van der Waals surface area contributed by atoms with E-state index in [4.69, 9.17) is 5.73 Å². The Labute approximate surface area is 137 Å². The van der Waals surface area contributed by atoms with Crippen molar-refractivity contribution in [3.8, 4) is 0 Å². The Morgan fingerprint density at radius 3 is 2.65 bits per heavy atom. The van der Waals surface area contributed by atoms with Crippen molar-refractivity contribution in [2.24, 2.45) is 12.8 Å². The molecule has 0 spiro atoms. The average molecular weight is 308 g/mol. The lowest BCUT2D eigenvalue weighted by molar-refractivity contribution is 0.276. The first-order valence-electron chi connectivity index (χ1n) is 8.12. The van der Waals surface area contributed by atoms with Gasteiger partial charge in [-0.3, -0.25) is 4.90 Å². The van der Waals surface area contributed by atoms with E-state index >= 15 is 0 Å². The Hall–Kier alpha value is -2.17. The van der Waals surface area contributed by atoms with Crippen LogP contribution in [0.4, 0.5) is 0 Å². The number of nitrogens with two attached hydrogens (primary N) is 1. The molecule has 0 saturated heterocycles. The molecule has 0 unspecified atom stereocenters. The third-order valence-corrected chi connectivity index (χ3v) is 4.20. The maximum Gasteiger partial charge on any atom is 0.0955 e. The van der Waals surface area contributed by atoms with Crippen LogP contribution in [0.25, 0.3) is 11.0 Å². The molecule has 4 nitrogen and oxygen atoms in total. The minimum Gasteiger partial charge on any atom is -0.334 e. The molecule has 120 valence electrons. The van der Waals surface area contributed by atoms with Gasteiger partial charge in [-0.25, -0.2) is 4.98 Å². The molecule has 4 heteroatoms. The van der Waals surface area contributed by atoms with Crippen LogP contribution in [0.5, 0.6) is 0 Å². The van der Waals surface area contributed by atoms with E-state index in [9.17, 15) is 0 Å². The summed E-state index contributed by atoms with van der Waals surface area (Å²) >= 11 is 0. The van der Waals surface area contributed by atoms with Crippen LogP contribution in [0.2, 0.25) is 0 Å². The van der Waals surface area contributed by atoms with Crippen molar-refractivity contribution < 1.29 is 0 Å². The highest BCUT2D eigenvalue weighted by molar-refractivity contribution is 5.75. The summed E-state index contributed by atoms with van der Waals surface area (Å²) in [5, 5.41) is 0. The lowest BCUT2D eigenvalue weighted by atomic mass is 10.1. The molecule has 0 aliphatic heterocycles. The number of hydrogen-bond acceptors (Lipinski definition) is 3. The highest BCUT2D eigenvalue weighted by Gasteiger charge is 2.07. The molecule has 1 aromatic heterocycles. The van der Waals surface area contributed by atoms with E-state index in [1.165, 1.54) is 16.6 Å². The third kappa shape index (κ3) is 3.97. The fraction of sp³-hybridized carbons (Fsp3) is 0.316. The van der Waals surface area contributed by atoms with Crippen molar-refractivity contribution in [1.82, 2.24) is 14.5 Å². The maximum atomic E-state index is 5.79. The van der Waals surface area contributed by atoms with Gasteiger partial charge in [-0.2, -0.15) is 0 Å². The van der Waals surface area contributed by atoms with Crippen LogP contribution < -0.4 is 5.73 Å². The first-order valence-corrected chi connectivity index (χ1v) is 8.12. The zero-order chi connectivity index (χ0) is 16.1. The van der Waals surface area contributed by atoms with Gasteiger partial charge in [-0.05, 0) is 29.7 Å². The van der Waals surface area contributed by atoms with Gasteiger partial charge in [0.15, 0.2) is 0 Å². The molecule has 0 saturated carbocycles. The van der Waals surface area contributed by atoms with Gasteiger partial charge in [0, 0.05) is 33.2 Å². The topological polar surface area (TPSA) is 47.1 Å². The Morgan fingerprint density at radius 1 is 1.04 bits per heavy atom. The van der Waals surface area contributed by atoms with Crippen LogP contribution in [0, 0.1) is 0 Å². The molecule has 0 aliphatic carbocycles. The van der Waals surface area contributed by atoms with Crippen molar-refractivity contribution in [1.29, 1.82) is 0 Å². The van der Waals surface area contributed by atoms with Crippen molar-refractivity contribution in [3.63, 3.8) is 0 Å². The molecule has 0 aliphatic rings. The number of aromatic nitrogens is 2. The van der Waals surface area contributed by atoms with E-state index in [1.807, 2.05) is 17.9 Å². The molecule has 23 heavy (non-hydrogen) atoms. The summed E-state index contributed by atoms with van der Waals surface area (Å²) in [6, 6.07) is 17.1. The summed E-state index contributed by atoms with van der Waals surface area (Å²) in [4.78, 5) is 6.86. The molecule has 0 amide bonds. The number of rotatable bonds is 7. The van der Waals surface area contributed by atoms with E-state index in [1.54, 1.807) is 0 Å². The predicted octanol–water partition coefficient (Wildman–Crippen LogP) is 2.58. The first kappa shape index (κ1) is 15.7. The number of fused-ring (bicyclic) bond motifs is 1. The summed E-state index contributed by atoms with van der Waals surface area (Å²) < 4.78 is 2.05. The van der Waals surface area contributed by atoms with E-state index in [-0.39, 0.29) is 0 Å². The Morgan fingerprint density at radius 2 is 1.87 bits per heavy atom. The normalized spacial score (nSPS) is 11.4. The largest absolute Gasteiger partial charge is 0.334 e. The van der Waals surface area contributed by atoms with Crippen LogP contribution in [0.15, 0.2) is 54.9 Å². The van der Waals surface area contributed by atoms with Gasteiger partial charge in [0.25, 0.3) is 0 Å². The Kier molecular flexibility index (Phi) is 5.05. The molecule has 3 rings (SSSR count). The standard InChI is InChI=1S/C19H24N4/c1-22-15-21-18-13-17(7-8-19(18)22)14-23(12-10-20)11-9-16-5-3-2-4-6-16/h2-8,13,15H,9-12,14,20H2,1H3. The van der Waals surface area contributed by atoms with Crippen molar-refractivity contribution in [2.45, 2.75) is 13.0 Å². The summed E-state index contributed by atoms with van der Waals surface area (Å²) in [5.74, 6) is 0. The number of nitrogens with zero attached hydrogens (tertiary/aromatic N) is 3. The number of aryl methyl sites for hydroxylation is 1. The number of imidazole rings is 1. The van der Waals surface area contributed by atoms with Gasteiger partial charge in [-0.1, -0.05) is 36.4 Å². The second kappa shape index (κ2) is 7.40.